The first-order valence-corrected chi connectivity index (χ1v) is 4.86. The smallest absolute Gasteiger partial charge is 0.345 e. The van der Waals surface area contributed by atoms with Gasteiger partial charge in [0, 0.05) is 4.70 Å². The van der Waals surface area contributed by atoms with Crippen molar-refractivity contribution in [2.24, 2.45) is 0 Å². The molecule has 0 fully saturated rings. The summed E-state index contributed by atoms with van der Waals surface area (Å²) in [5.74, 6) is -0.751. The van der Waals surface area contributed by atoms with Crippen LogP contribution in [0.4, 0.5) is 0 Å². The van der Waals surface area contributed by atoms with Crippen molar-refractivity contribution >= 4 is 27.4 Å². The van der Waals surface area contributed by atoms with E-state index >= 15 is 0 Å². The van der Waals surface area contributed by atoms with E-state index in [2.05, 4.69) is 0 Å². The van der Waals surface area contributed by atoms with Crippen LogP contribution in [0.1, 0.15) is 15.2 Å². The first-order chi connectivity index (χ1) is 6.58. The Balaban J connectivity index is 2.76. The Bertz CT molecular complexity index is 513. The lowest BCUT2D eigenvalue weighted by Gasteiger charge is -1.96. The molecule has 14 heavy (non-hydrogen) atoms. The number of aromatic hydroxyl groups is 1. The highest BCUT2D eigenvalue weighted by atomic mass is 32.1. The predicted octanol–water partition coefficient (Wildman–Crippen LogP) is 2.61. The van der Waals surface area contributed by atoms with Crippen molar-refractivity contribution in [1.29, 1.82) is 0 Å². The van der Waals surface area contributed by atoms with Gasteiger partial charge in [-0.3, -0.25) is 0 Å². The molecule has 2 rings (SSSR count). The van der Waals surface area contributed by atoms with Crippen LogP contribution in [0, 0.1) is 6.92 Å². The van der Waals surface area contributed by atoms with Gasteiger partial charge in [0.25, 0.3) is 0 Å². The Kier molecular flexibility index (Phi) is 1.93. The molecule has 3 nitrogen and oxygen atoms in total. The molecule has 72 valence electrons. The second-order valence-electron chi connectivity index (χ2n) is 3.09. The van der Waals surface area contributed by atoms with Gasteiger partial charge in [-0.2, -0.15) is 0 Å². The first kappa shape index (κ1) is 9.02. The van der Waals surface area contributed by atoms with Gasteiger partial charge in [0.1, 0.15) is 10.6 Å². The molecule has 0 saturated carbocycles. The molecule has 2 N–H and O–H groups in total. The molecule has 1 aromatic carbocycles. The lowest BCUT2D eigenvalue weighted by molar-refractivity contribution is 0.0702. The van der Waals surface area contributed by atoms with Crippen molar-refractivity contribution in [3.8, 4) is 5.75 Å². The van der Waals surface area contributed by atoms with Gasteiger partial charge < -0.3 is 10.2 Å². The molecule has 0 aliphatic heterocycles. The number of carbonyl (C=O) groups is 1. The van der Waals surface area contributed by atoms with Gasteiger partial charge in [-0.1, -0.05) is 0 Å². The average Bonchev–Trinajstić information content (AvgIpc) is 2.47. The number of aryl methyl sites for hydroxylation is 1. The van der Waals surface area contributed by atoms with Gasteiger partial charge in [0.15, 0.2) is 0 Å². The molecule has 0 radical (unpaired) electrons. The van der Waals surface area contributed by atoms with Crippen molar-refractivity contribution < 1.29 is 15.0 Å². The summed E-state index contributed by atoms with van der Waals surface area (Å²) in [6.07, 6.45) is 0. The van der Waals surface area contributed by atoms with Crippen LogP contribution >= 0.6 is 11.3 Å². The summed E-state index contributed by atoms with van der Waals surface area (Å²) in [4.78, 5) is 11.0. The number of benzene rings is 1. The van der Waals surface area contributed by atoms with Gasteiger partial charge in [0.2, 0.25) is 0 Å². The molecule has 0 spiro atoms. The molecule has 1 heterocycles. The van der Waals surface area contributed by atoms with Crippen molar-refractivity contribution in [3.63, 3.8) is 0 Å². The highest BCUT2D eigenvalue weighted by Crippen LogP contribution is 2.31. The van der Waals surface area contributed by atoms with E-state index in [9.17, 15) is 9.90 Å². The summed E-state index contributed by atoms with van der Waals surface area (Å²) in [6.45, 7) is 1.85. The Hall–Kier alpha value is -1.55. The third-order valence-corrected chi connectivity index (χ3v) is 3.11. The quantitative estimate of drug-likeness (QED) is 0.757. The molecular formula is C10H8O3S. The molecule has 2 aromatic rings. The van der Waals surface area contributed by atoms with E-state index in [0.29, 0.717) is 4.88 Å². The highest BCUT2D eigenvalue weighted by molar-refractivity contribution is 7.20. The van der Waals surface area contributed by atoms with E-state index in [1.807, 2.05) is 6.92 Å². The monoisotopic (exact) mass is 208 g/mol. The van der Waals surface area contributed by atoms with Gasteiger partial charge >= 0.3 is 5.97 Å². The summed E-state index contributed by atoms with van der Waals surface area (Å²) in [7, 11) is 0. The van der Waals surface area contributed by atoms with Crippen molar-refractivity contribution in [2.45, 2.75) is 6.92 Å². The predicted molar refractivity (Wildman–Crippen MR) is 55.2 cm³/mol. The molecule has 0 aliphatic carbocycles. The zero-order chi connectivity index (χ0) is 10.3. The van der Waals surface area contributed by atoms with Crippen molar-refractivity contribution in [2.75, 3.05) is 0 Å². The number of carboxylic acids is 1. The second kappa shape index (κ2) is 2.99. The molecule has 0 amide bonds. The number of fused-ring (bicyclic) bond motifs is 1. The maximum Gasteiger partial charge on any atom is 0.345 e. The van der Waals surface area contributed by atoms with Crippen LogP contribution in [0.3, 0.4) is 0 Å². The van der Waals surface area contributed by atoms with E-state index < -0.39 is 5.97 Å². The third kappa shape index (κ3) is 1.33. The molecule has 0 aliphatic rings. The zero-order valence-electron chi connectivity index (χ0n) is 7.44. The summed E-state index contributed by atoms with van der Waals surface area (Å²) < 4.78 is 0.805. The van der Waals surface area contributed by atoms with E-state index in [0.717, 1.165) is 15.6 Å². The number of rotatable bonds is 1. The lowest BCUT2D eigenvalue weighted by Crippen LogP contribution is -1.89. The summed E-state index contributed by atoms with van der Waals surface area (Å²) in [6, 6.07) is 4.84. The minimum Gasteiger partial charge on any atom is -0.508 e. The Labute approximate surface area is 84.2 Å². The molecule has 0 saturated heterocycles. The number of hydrogen-bond donors (Lipinski definition) is 2. The maximum absolute atomic E-state index is 10.7. The fourth-order valence-electron chi connectivity index (χ4n) is 1.40. The summed E-state index contributed by atoms with van der Waals surface area (Å²) in [5, 5.41) is 19.0. The van der Waals surface area contributed by atoms with Crippen LogP contribution < -0.4 is 0 Å². The Morgan fingerprint density at radius 1 is 1.36 bits per heavy atom. The van der Waals surface area contributed by atoms with Crippen LogP contribution in [0.5, 0.6) is 5.75 Å². The number of aromatic carboxylic acids is 1. The summed E-state index contributed by atoms with van der Waals surface area (Å²) >= 11 is 1.17. The van der Waals surface area contributed by atoms with E-state index in [1.165, 1.54) is 11.3 Å². The number of hydrogen-bond acceptors (Lipinski definition) is 3. The Morgan fingerprint density at radius 3 is 2.71 bits per heavy atom. The number of phenolic OH excluding ortho intramolecular Hbond substituents is 1. The molecule has 1 aromatic heterocycles. The van der Waals surface area contributed by atoms with E-state index in [-0.39, 0.29) is 5.75 Å². The fraction of sp³-hybridized carbons (Fsp3) is 0.100. The van der Waals surface area contributed by atoms with Crippen molar-refractivity contribution in [1.82, 2.24) is 0 Å². The van der Waals surface area contributed by atoms with Crippen LogP contribution in [0.25, 0.3) is 10.1 Å². The van der Waals surface area contributed by atoms with Crippen LogP contribution in [-0.2, 0) is 0 Å². The second-order valence-corrected chi connectivity index (χ2v) is 4.17. The van der Waals surface area contributed by atoms with Crippen LogP contribution in [0.15, 0.2) is 18.2 Å². The normalized spacial score (nSPS) is 10.6. The maximum atomic E-state index is 10.7. The molecular weight excluding hydrogens is 200 g/mol. The standard InChI is InChI=1S/C10H8O3S/c1-5-2-6(11)3-8-7(5)4-9(14-8)10(12)13/h2-4,11H,1H3,(H,12,13). The van der Waals surface area contributed by atoms with Crippen LogP contribution in [0.2, 0.25) is 0 Å². The number of carboxylic acid groups (broad SMARTS) is 1. The minimum atomic E-state index is -0.926. The number of phenols is 1. The molecule has 0 unspecified atom stereocenters. The summed E-state index contributed by atoms with van der Waals surface area (Å²) in [5.41, 5.74) is 0.892. The SMILES string of the molecule is Cc1cc(O)cc2sc(C(=O)O)cc12. The topological polar surface area (TPSA) is 57.5 Å². The fourth-order valence-corrected chi connectivity index (χ4v) is 2.41. The molecule has 4 heteroatoms. The molecule has 0 atom stereocenters. The average molecular weight is 208 g/mol. The van der Waals surface area contributed by atoms with Gasteiger partial charge in [-0.25, -0.2) is 4.79 Å². The third-order valence-electron chi connectivity index (χ3n) is 2.04. The zero-order valence-corrected chi connectivity index (χ0v) is 8.26. The van der Waals surface area contributed by atoms with Gasteiger partial charge in [-0.05, 0) is 36.1 Å². The van der Waals surface area contributed by atoms with Crippen molar-refractivity contribution in [3.05, 3.63) is 28.6 Å². The van der Waals surface area contributed by atoms with Gasteiger partial charge in [0.05, 0.1) is 0 Å². The highest BCUT2D eigenvalue weighted by Gasteiger charge is 2.10. The lowest BCUT2D eigenvalue weighted by atomic mass is 10.1. The largest absolute Gasteiger partial charge is 0.508 e. The van der Waals surface area contributed by atoms with E-state index in [1.54, 1.807) is 18.2 Å². The first-order valence-electron chi connectivity index (χ1n) is 4.04. The van der Waals surface area contributed by atoms with Gasteiger partial charge in [-0.15, -0.1) is 11.3 Å². The Morgan fingerprint density at radius 2 is 2.07 bits per heavy atom. The van der Waals surface area contributed by atoms with Crippen LogP contribution in [-0.4, -0.2) is 16.2 Å². The van der Waals surface area contributed by atoms with E-state index in [4.69, 9.17) is 5.11 Å². The minimum absolute atomic E-state index is 0.175. The number of thiophene rings is 1. The molecule has 0 bridgehead atoms.